The lowest BCUT2D eigenvalue weighted by molar-refractivity contribution is -0.121. The predicted octanol–water partition coefficient (Wildman–Crippen LogP) is -0.0696. The van der Waals surface area contributed by atoms with Crippen molar-refractivity contribution in [3.63, 3.8) is 0 Å². The average Bonchev–Trinajstić information content (AvgIpc) is 2.26. The van der Waals surface area contributed by atoms with Gasteiger partial charge < -0.3 is 11.1 Å². The van der Waals surface area contributed by atoms with Crippen molar-refractivity contribution in [1.82, 2.24) is 0 Å². The quantitative estimate of drug-likeness (QED) is 0.674. The van der Waals surface area contributed by atoms with Crippen molar-refractivity contribution in [2.24, 2.45) is 5.73 Å². The summed E-state index contributed by atoms with van der Waals surface area (Å²) in [7, 11) is 0. The number of benzene rings is 1. The minimum Gasteiger partial charge on any atom is -0.323 e. The smallest absolute Gasteiger partial charge is 0.244 e. The number of carbonyl (C=O) groups is 2. The lowest BCUT2D eigenvalue weighted by Gasteiger charge is -2.28. The van der Waals surface area contributed by atoms with Crippen LogP contribution in [0.4, 0.5) is 11.4 Å². The molecule has 3 N–H and O–H groups in total. The van der Waals surface area contributed by atoms with Crippen molar-refractivity contribution in [3.8, 4) is 0 Å². The minimum atomic E-state index is -0.252. The second kappa shape index (κ2) is 3.70. The van der Waals surface area contributed by atoms with E-state index < -0.39 is 0 Å². The molecule has 0 fully saturated rings. The van der Waals surface area contributed by atoms with Gasteiger partial charge in [-0.2, -0.15) is 0 Å². The Labute approximate surface area is 86.9 Å². The number of nitrogens with two attached hydrogens (primary N) is 1. The predicted molar refractivity (Wildman–Crippen MR) is 56.5 cm³/mol. The molecule has 1 aliphatic heterocycles. The molecular formula is C10H11N3O2. The van der Waals surface area contributed by atoms with Gasteiger partial charge in [0.2, 0.25) is 11.8 Å². The monoisotopic (exact) mass is 205 g/mol. The van der Waals surface area contributed by atoms with Gasteiger partial charge in [0.1, 0.15) is 6.54 Å². The largest absolute Gasteiger partial charge is 0.323 e. The molecule has 2 rings (SSSR count). The zero-order chi connectivity index (χ0) is 10.8. The average molecular weight is 205 g/mol. The van der Waals surface area contributed by atoms with Crippen LogP contribution in [0.2, 0.25) is 0 Å². The second-order valence-corrected chi connectivity index (χ2v) is 3.25. The van der Waals surface area contributed by atoms with Crippen LogP contribution < -0.4 is 16.0 Å². The van der Waals surface area contributed by atoms with E-state index in [4.69, 9.17) is 5.73 Å². The molecule has 1 aromatic carbocycles. The molecule has 1 aromatic rings. The number of amides is 2. The fourth-order valence-corrected chi connectivity index (χ4v) is 1.57. The molecule has 0 radical (unpaired) electrons. The number of anilines is 2. The molecule has 15 heavy (non-hydrogen) atoms. The lowest BCUT2D eigenvalue weighted by Crippen LogP contribution is -2.44. The summed E-state index contributed by atoms with van der Waals surface area (Å²) in [5.41, 5.74) is 6.63. The molecule has 5 nitrogen and oxygen atoms in total. The van der Waals surface area contributed by atoms with Gasteiger partial charge in [-0.1, -0.05) is 12.1 Å². The maximum Gasteiger partial charge on any atom is 0.244 e. The highest BCUT2D eigenvalue weighted by Gasteiger charge is 2.25. The lowest BCUT2D eigenvalue weighted by atomic mass is 10.2. The van der Waals surface area contributed by atoms with E-state index in [2.05, 4.69) is 5.32 Å². The van der Waals surface area contributed by atoms with Crippen LogP contribution in [0.5, 0.6) is 0 Å². The number of carbonyl (C=O) groups excluding carboxylic acids is 2. The summed E-state index contributed by atoms with van der Waals surface area (Å²) in [5.74, 6) is -0.451. The first-order chi connectivity index (χ1) is 7.22. The van der Waals surface area contributed by atoms with Crippen LogP contribution in [0.3, 0.4) is 0 Å². The number of fused-ring (bicyclic) bond motifs is 1. The number of para-hydroxylation sites is 2. The number of rotatable bonds is 1. The standard InChI is InChI=1S/C10H11N3O2/c11-5-10(15)13-6-9(14)12-7-3-1-2-4-8(7)13/h1-4H,5-6,11H2,(H,12,14). The van der Waals surface area contributed by atoms with E-state index in [1.807, 2.05) is 6.07 Å². The zero-order valence-corrected chi connectivity index (χ0v) is 8.06. The fourth-order valence-electron chi connectivity index (χ4n) is 1.57. The topological polar surface area (TPSA) is 75.4 Å². The molecule has 78 valence electrons. The molecule has 0 spiro atoms. The summed E-state index contributed by atoms with van der Waals surface area (Å²) in [6, 6.07) is 7.15. The van der Waals surface area contributed by atoms with Crippen LogP contribution in [-0.4, -0.2) is 24.9 Å². The van der Waals surface area contributed by atoms with Gasteiger partial charge in [0, 0.05) is 0 Å². The molecule has 1 aliphatic rings. The van der Waals surface area contributed by atoms with Crippen molar-refractivity contribution in [2.45, 2.75) is 0 Å². The van der Waals surface area contributed by atoms with Crippen LogP contribution in [0.15, 0.2) is 24.3 Å². The highest BCUT2D eigenvalue weighted by molar-refractivity contribution is 6.10. The van der Waals surface area contributed by atoms with Crippen LogP contribution in [0, 0.1) is 0 Å². The van der Waals surface area contributed by atoms with E-state index in [-0.39, 0.29) is 24.9 Å². The van der Waals surface area contributed by atoms with Gasteiger partial charge in [0.15, 0.2) is 0 Å². The Bertz CT molecular complexity index is 417. The highest BCUT2D eigenvalue weighted by atomic mass is 16.2. The third-order valence-electron chi connectivity index (χ3n) is 2.25. The maximum atomic E-state index is 11.5. The Morgan fingerprint density at radius 1 is 1.47 bits per heavy atom. The number of nitrogens with one attached hydrogen (secondary N) is 1. The van der Waals surface area contributed by atoms with E-state index in [0.29, 0.717) is 11.4 Å². The molecule has 0 atom stereocenters. The van der Waals surface area contributed by atoms with Crippen molar-refractivity contribution < 1.29 is 9.59 Å². The Morgan fingerprint density at radius 2 is 2.20 bits per heavy atom. The summed E-state index contributed by atoms with van der Waals surface area (Å²) >= 11 is 0. The Hall–Kier alpha value is -1.88. The van der Waals surface area contributed by atoms with Crippen molar-refractivity contribution in [3.05, 3.63) is 24.3 Å². The van der Waals surface area contributed by atoms with Gasteiger partial charge in [-0.15, -0.1) is 0 Å². The molecule has 5 heteroatoms. The molecule has 0 saturated carbocycles. The van der Waals surface area contributed by atoms with Gasteiger partial charge in [-0.05, 0) is 12.1 Å². The third kappa shape index (κ3) is 1.69. The normalized spacial score (nSPS) is 14.5. The first-order valence-corrected chi connectivity index (χ1v) is 4.61. The molecule has 0 aromatic heterocycles. The second-order valence-electron chi connectivity index (χ2n) is 3.25. The van der Waals surface area contributed by atoms with Crippen LogP contribution >= 0.6 is 0 Å². The highest BCUT2D eigenvalue weighted by Crippen LogP contribution is 2.28. The summed E-state index contributed by atoms with van der Waals surface area (Å²) in [6.07, 6.45) is 0. The third-order valence-corrected chi connectivity index (χ3v) is 2.25. The molecular weight excluding hydrogens is 194 g/mol. The summed E-state index contributed by atoms with van der Waals surface area (Å²) in [4.78, 5) is 24.2. The maximum absolute atomic E-state index is 11.5. The van der Waals surface area contributed by atoms with Crippen molar-refractivity contribution >= 4 is 23.2 Å². The summed E-state index contributed by atoms with van der Waals surface area (Å²) in [5, 5.41) is 2.70. The first kappa shape index (κ1) is 9.67. The van der Waals surface area contributed by atoms with E-state index in [0.717, 1.165) is 0 Å². The van der Waals surface area contributed by atoms with E-state index >= 15 is 0 Å². The van der Waals surface area contributed by atoms with Crippen LogP contribution in [-0.2, 0) is 9.59 Å². The summed E-state index contributed by atoms with van der Waals surface area (Å²) < 4.78 is 0. The minimum absolute atomic E-state index is 0.0348. The van der Waals surface area contributed by atoms with Gasteiger partial charge in [0.25, 0.3) is 0 Å². The van der Waals surface area contributed by atoms with Crippen LogP contribution in [0.25, 0.3) is 0 Å². The molecule has 2 amide bonds. The van der Waals surface area contributed by atoms with Crippen molar-refractivity contribution in [2.75, 3.05) is 23.3 Å². The van der Waals surface area contributed by atoms with E-state index in [1.165, 1.54) is 4.90 Å². The number of nitrogens with zero attached hydrogens (tertiary/aromatic N) is 1. The first-order valence-electron chi connectivity index (χ1n) is 4.61. The summed E-state index contributed by atoms with van der Waals surface area (Å²) in [6.45, 7) is -0.0609. The van der Waals surface area contributed by atoms with E-state index in [1.54, 1.807) is 18.2 Å². The molecule has 0 saturated heterocycles. The SMILES string of the molecule is NCC(=O)N1CC(=O)Nc2ccccc21. The van der Waals surface area contributed by atoms with Gasteiger partial charge in [0.05, 0.1) is 17.9 Å². The molecule has 0 aliphatic carbocycles. The molecule has 0 bridgehead atoms. The Balaban J connectivity index is 2.42. The Morgan fingerprint density at radius 3 is 2.93 bits per heavy atom. The zero-order valence-electron chi connectivity index (χ0n) is 8.06. The fraction of sp³-hybridized carbons (Fsp3) is 0.200. The van der Waals surface area contributed by atoms with Gasteiger partial charge in [-0.3, -0.25) is 14.5 Å². The molecule has 1 heterocycles. The van der Waals surface area contributed by atoms with Gasteiger partial charge >= 0.3 is 0 Å². The Kier molecular flexibility index (Phi) is 2.39. The molecule has 0 unspecified atom stereocenters. The van der Waals surface area contributed by atoms with E-state index in [9.17, 15) is 9.59 Å². The number of hydrogen-bond donors (Lipinski definition) is 2. The van der Waals surface area contributed by atoms with Crippen molar-refractivity contribution in [1.29, 1.82) is 0 Å². The van der Waals surface area contributed by atoms with Gasteiger partial charge in [-0.25, -0.2) is 0 Å². The number of hydrogen-bond acceptors (Lipinski definition) is 3. The van der Waals surface area contributed by atoms with Crippen LogP contribution in [0.1, 0.15) is 0 Å².